The summed E-state index contributed by atoms with van der Waals surface area (Å²) in [6.07, 6.45) is -0.344. The predicted octanol–water partition coefficient (Wildman–Crippen LogP) is 0.137. The molecular weight excluding hydrogens is 180 g/mol. The Labute approximate surface area is 82.6 Å². The van der Waals surface area contributed by atoms with Crippen LogP contribution in [0.5, 0.6) is 5.75 Å². The SMILES string of the molecule is Oc1ccc(N[C@@H]2CNC[C@H]2O)cc1. The summed E-state index contributed by atoms with van der Waals surface area (Å²) in [6.45, 7) is 1.40. The molecule has 1 fully saturated rings. The number of hydrogen-bond donors (Lipinski definition) is 4. The number of anilines is 1. The molecule has 0 radical (unpaired) electrons. The number of rotatable bonds is 2. The quantitative estimate of drug-likeness (QED) is 0.506. The topological polar surface area (TPSA) is 64.5 Å². The van der Waals surface area contributed by atoms with Gasteiger partial charge in [0, 0.05) is 18.8 Å². The lowest BCUT2D eigenvalue weighted by Gasteiger charge is -2.16. The average Bonchev–Trinajstić information content (AvgIpc) is 2.56. The van der Waals surface area contributed by atoms with E-state index in [-0.39, 0.29) is 17.9 Å². The number of aliphatic hydroxyl groups excluding tert-OH is 1. The van der Waals surface area contributed by atoms with Crippen molar-refractivity contribution in [3.8, 4) is 5.75 Å². The minimum absolute atomic E-state index is 0.0551. The Morgan fingerprint density at radius 1 is 1.21 bits per heavy atom. The Morgan fingerprint density at radius 2 is 1.93 bits per heavy atom. The van der Waals surface area contributed by atoms with E-state index in [2.05, 4.69) is 10.6 Å². The summed E-state index contributed by atoms with van der Waals surface area (Å²) in [5.41, 5.74) is 0.913. The third-order valence-electron chi connectivity index (χ3n) is 2.40. The molecule has 1 aliphatic rings. The molecule has 4 nitrogen and oxygen atoms in total. The largest absolute Gasteiger partial charge is 0.508 e. The lowest BCUT2D eigenvalue weighted by Crippen LogP contribution is -2.31. The lowest BCUT2D eigenvalue weighted by molar-refractivity contribution is 0.185. The first-order valence-corrected chi connectivity index (χ1v) is 4.70. The van der Waals surface area contributed by atoms with Gasteiger partial charge < -0.3 is 20.8 Å². The Balaban J connectivity index is 2.00. The van der Waals surface area contributed by atoms with Gasteiger partial charge in [-0.25, -0.2) is 0 Å². The second-order valence-electron chi connectivity index (χ2n) is 3.52. The summed E-state index contributed by atoms with van der Waals surface area (Å²) >= 11 is 0. The van der Waals surface area contributed by atoms with E-state index in [0.717, 1.165) is 12.2 Å². The highest BCUT2D eigenvalue weighted by atomic mass is 16.3. The van der Waals surface area contributed by atoms with Crippen molar-refractivity contribution in [2.24, 2.45) is 0 Å². The maximum Gasteiger partial charge on any atom is 0.115 e. The minimum Gasteiger partial charge on any atom is -0.508 e. The lowest BCUT2D eigenvalue weighted by atomic mass is 10.2. The van der Waals surface area contributed by atoms with Gasteiger partial charge in [-0.3, -0.25) is 0 Å². The third kappa shape index (κ3) is 1.97. The first kappa shape index (κ1) is 9.30. The van der Waals surface area contributed by atoms with E-state index in [1.165, 1.54) is 0 Å². The number of aliphatic hydroxyl groups is 1. The summed E-state index contributed by atoms with van der Waals surface area (Å²) < 4.78 is 0. The maximum absolute atomic E-state index is 9.53. The molecule has 0 unspecified atom stereocenters. The summed E-state index contributed by atoms with van der Waals surface area (Å²) in [5.74, 6) is 0.251. The van der Waals surface area contributed by atoms with Gasteiger partial charge in [-0.15, -0.1) is 0 Å². The second-order valence-corrected chi connectivity index (χ2v) is 3.52. The zero-order chi connectivity index (χ0) is 9.97. The highest BCUT2D eigenvalue weighted by Gasteiger charge is 2.24. The van der Waals surface area contributed by atoms with Crippen molar-refractivity contribution >= 4 is 5.69 Å². The van der Waals surface area contributed by atoms with Crippen LogP contribution in [0.2, 0.25) is 0 Å². The molecule has 0 saturated carbocycles. The average molecular weight is 194 g/mol. The number of phenolic OH excluding ortho intramolecular Hbond substituents is 1. The van der Waals surface area contributed by atoms with Gasteiger partial charge in [-0.2, -0.15) is 0 Å². The van der Waals surface area contributed by atoms with Crippen molar-refractivity contribution in [1.82, 2.24) is 5.32 Å². The zero-order valence-corrected chi connectivity index (χ0v) is 7.77. The molecular formula is C10H14N2O2. The number of hydrogen-bond acceptors (Lipinski definition) is 4. The number of nitrogens with one attached hydrogen (secondary N) is 2. The van der Waals surface area contributed by atoms with Gasteiger partial charge in [0.2, 0.25) is 0 Å². The maximum atomic E-state index is 9.53. The highest BCUT2D eigenvalue weighted by Crippen LogP contribution is 2.16. The number of phenols is 1. The molecule has 1 saturated heterocycles. The van der Waals surface area contributed by atoms with E-state index >= 15 is 0 Å². The summed E-state index contributed by atoms with van der Waals surface area (Å²) in [7, 11) is 0. The van der Waals surface area contributed by atoms with Crippen molar-refractivity contribution in [3.63, 3.8) is 0 Å². The third-order valence-corrected chi connectivity index (χ3v) is 2.40. The van der Waals surface area contributed by atoms with E-state index in [4.69, 9.17) is 5.11 Å². The van der Waals surface area contributed by atoms with Crippen LogP contribution in [0.1, 0.15) is 0 Å². The Hall–Kier alpha value is -1.26. The smallest absolute Gasteiger partial charge is 0.115 e. The fourth-order valence-corrected chi connectivity index (χ4v) is 1.58. The standard InChI is InChI=1S/C10H14N2O2/c13-8-3-1-7(2-4-8)12-9-5-11-6-10(9)14/h1-4,9-14H,5-6H2/t9-,10-/m1/s1. The monoisotopic (exact) mass is 194 g/mol. The zero-order valence-electron chi connectivity index (χ0n) is 7.77. The summed E-state index contributed by atoms with van der Waals surface area (Å²) in [4.78, 5) is 0. The molecule has 2 atom stereocenters. The van der Waals surface area contributed by atoms with Gasteiger partial charge >= 0.3 is 0 Å². The molecule has 0 spiro atoms. The fourth-order valence-electron chi connectivity index (χ4n) is 1.58. The molecule has 0 amide bonds. The molecule has 2 rings (SSSR count). The van der Waals surface area contributed by atoms with Crippen molar-refractivity contribution in [1.29, 1.82) is 0 Å². The van der Waals surface area contributed by atoms with Crippen LogP contribution in [0.3, 0.4) is 0 Å². The van der Waals surface area contributed by atoms with Crippen LogP contribution in [0.25, 0.3) is 0 Å². The van der Waals surface area contributed by atoms with Gasteiger partial charge in [0.1, 0.15) is 5.75 Å². The van der Waals surface area contributed by atoms with E-state index < -0.39 is 0 Å². The van der Waals surface area contributed by atoms with Crippen LogP contribution in [0.15, 0.2) is 24.3 Å². The van der Waals surface area contributed by atoms with Crippen LogP contribution < -0.4 is 10.6 Å². The molecule has 0 bridgehead atoms. The Kier molecular flexibility index (Phi) is 2.56. The molecule has 1 aromatic rings. The van der Waals surface area contributed by atoms with E-state index in [0.29, 0.717) is 6.54 Å². The molecule has 1 aliphatic heterocycles. The fraction of sp³-hybridized carbons (Fsp3) is 0.400. The van der Waals surface area contributed by atoms with Gasteiger partial charge in [0.05, 0.1) is 12.1 Å². The van der Waals surface area contributed by atoms with E-state index in [9.17, 15) is 5.11 Å². The van der Waals surface area contributed by atoms with Crippen molar-refractivity contribution in [2.75, 3.05) is 18.4 Å². The van der Waals surface area contributed by atoms with E-state index in [1.54, 1.807) is 24.3 Å². The molecule has 4 heteroatoms. The molecule has 0 aliphatic carbocycles. The van der Waals surface area contributed by atoms with Crippen molar-refractivity contribution in [2.45, 2.75) is 12.1 Å². The highest BCUT2D eigenvalue weighted by molar-refractivity contribution is 5.47. The van der Waals surface area contributed by atoms with Gasteiger partial charge in [0.25, 0.3) is 0 Å². The van der Waals surface area contributed by atoms with Crippen LogP contribution in [0.4, 0.5) is 5.69 Å². The van der Waals surface area contributed by atoms with Gasteiger partial charge in [-0.1, -0.05) is 0 Å². The number of benzene rings is 1. The summed E-state index contributed by atoms with van der Waals surface area (Å²) in [6, 6.07) is 6.88. The first-order valence-electron chi connectivity index (χ1n) is 4.70. The van der Waals surface area contributed by atoms with Gasteiger partial charge in [0.15, 0.2) is 0 Å². The molecule has 14 heavy (non-hydrogen) atoms. The molecule has 4 N–H and O–H groups in total. The second kappa shape index (κ2) is 3.86. The normalized spacial score (nSPS) is 26.4. The summed E-state index contributed by atoms with van der Waals surface area (Å²) in [5, 5.41) is 24.9. The van der Waals surface area contributed by atoms with Crippen molar-refractivity contribution < 1.29 is 10.2 Å². The minimum atomic E-state index is -0.344. The van der Waals surface area contributed by atoms with Crippen LogP contribution in [-0.4, -0.2) is 35.4 Å². The van der Waals surface area contributed by atoms with Crippen LogP contribution in [0, 0.1) is 0 Å². The first-order chi connectivity index (χ1) is 6.75. The van der Waals surface area contributed by atoms with E-state index in [1.807, 2.05) is 0 Å². The predicted molar refractivity (Wildman–Crippen MR) is 54.4 cm³/mol. The Bertz CT molecular complexity index is 299. The Morgan fingerprint density at radius 3 is 2.50 bits per heavy atom. The molecule has 1 heterocycles. The number of β-amino-alcohol motifs (C(OH)–C–C–N with tert-alkyl or cyclic N) is 1. The van der Waals surface area contributed by atoms with Gasteiger partial charge in [-0.05, 0) is 24.3 Å². The molecule has 1 aromatic carbocycles. The van der Waals surface area contributed by atoms with Crippen LogP contribution in [-0.2, 0) is 0 Å². The van der Waals surface area contributed by atoms with Crippen molar-refractivity contribution in [3.05, 3.63) is 24.3 Å². The molecule has 0 aromatic heterocycles. The number of aromatic hydroxyl groups is 1. The van der Waals surface area contributed by atoms with Crippen LogP contribution >= 0.6 is 0 Å². The molecule has 76 valence electrons.